The van der Waals surface area contributed by atoms with Crippen molar-refractivity contribution in [3.8, 4) is 17.3 Å². The lowest BCUT2D eigenvalue weighted by molar-refractivity contribution is -0.144. The smallest absolute Gasteiger partial charge is 0.296 e. The fraction of sp³-hybridized carbons (Fsp3) is 0.519. The van der Waals surface area contributed by atoms with Crippen LogP contribution in [0.3, 0.4) is 0 Å². The highest BCUT2D eigenvalue weighted by molar-refractivity contribution is 6.33. The summed E-state index contributed by atoms with van der Waals surface area (Å²) in [5.41, 5.74) is 3.41. The van der Waals surface area contributed by atoms with Crippen LogP contribution in [0.25, 0.3) is 22.4 Å². The van der Waals surface area contributed by atoms with Gasteiger partial charge in [0.15, 0.2) is 5.65 Å². The number of pyridine rings is 1. The number of carbonyl (C=O) groups excluding carboxylic acids is 1. The number of halogens is 1. The van der Waals surface area contributed by atoms with Crippen molar-refractivity contribution in [3.05, 3.63) is 35.4 Å². The Kier molecular flexibility index (Phi) is 7.08. The van der Waals surface area contributed by atoms with Gasteiger partial charge >= 0.3 is 0 Å². The molecule has 1 aromatic carbocycles. The Morgan fingerprint density at radius 2 is 1.81 bits per heavy atom. The summed E-state index contributed by atoms with van der Waals surface area (Å²) in [6, 6.07) is 10.7. The van der Waals surface area contributed by atoms with Gasteiger partial charge in [0.2, 0.25) is 5.91 Å². The number of carbonyl (C=O) groups is 1. The molecule has 2 aliphatic rings. The number of likely N-dealkylation sites (tertiary alicyclic amines) is 1. The molecule has 0 atom stereocenters. The molecule has 2 fully saturated rings. The average molecular weight is 512 g/mol. The number of imidazole rings is 1. The first kappa shape index (κ1) is 24.8. The first-order valence-electron chi connectivity index (χ1n) is 12.8. The van der Waals surface area contributed by atoms with E-state index < -0.39 is 5.41 Å². The van der Waals surface area contributed by atoms with Gasteiger partial charge in [-0.1, -0.05) is 23.7 Å². The predicted molar refractivity (Wildman–Crippen MR) is 141 cm³/mol. The van der Waals surface area contributed by atoms with E-state index in [2.05, 4.69) is 39.1 Å². The Balaban J connectivity index is 1.26. The number of nitrogens with one attached hydrogen (secondary N) is 1. The topological polar surface area (TPSA) is 94.6 Å². The van der Waals surface area contributed by atoms with Crippen LogP contribution in [0.5, 0.6) is 6.01 Å². The molecule has 0 unspecified atom stereocenters. The van der Waals surface area contributed by atoms with Crippen LogP contribution >= 0.6 is 11.6 Å². The molecule has 0 bridgehead atoms. The van der Waals surface area contributed by atoms with E-state index in [1.165, 1.54) is 24.9 Å². The molecule has 0 aliphatic carbocycles. The fourth-order valence-corrected chi connectivity index (χ4v) is 5.23. The van der Waals surface area contributed by atoms with Crippen molar-refractivity contribution in [1.82, 2.24) is 19.9 Å². The van der Waals surface area contributed by atoms with E-state index in [0.29, 0.717) is 48.3 Å². The van der Waals surface area contributed by atoms with Gasteiger partial charge in [-0.3, -0.25) is 4.79 Å². The lowest BCUT2D eigenvalue weighted by atomic mass is 9.91. The van der Waals surface area contributed by atoms with Gasteiger partial charge in [-0.05, 0) is 51.3 Å². The molecule has 4 heterocycles. The molecule has 5 rings (SSSR count). The molecule has 0 saturated carbocycles. The van der Waals surface area contributed by atoms with Crippen molar-refractivity contribution in [1.29, 1.82) is 0 Å². The zero-order valence-corrected chi connectivity index (χ0v) is 21.7. The number of aliphatic hydroxyl groups is 1. The van der Waals surface area contributed by atoms with Crippen LogP contribution in [0.2, 0.25) is 5.02 Å². The first-order chi connectivity index (χ1) is 17.3. The Hall–Kier alpha value is -2.84. The number of nitrogens with zero attached hydrogens (tertiary/aromatic N) is 4. The summed E-state index contributed by atoms with van der Waals surface area (Å²) >= 11 is 6.60. The molecule has 2 saturated heterocycles. The van der Waals surface area contributed by atoms with Crippen molar-refractivity contribution < 1.29 is 14.6 Å². The number of ether oxygens (including phenoxy) is 1. The summed E-state index contributed by atoms with van der Waals surface area (Å²) in [5.74, 6) is -0.0254. The lowest BCUT2D eigenvalue weighted by Crippen LogP contribution is -2.48. The summed E-state index contributed by atoms with van der Waals surface area (Å²) in [5, 5.41) is 10.0. The minimum absolute atomic E-state index is 0.0254. The van der Waals surface area contributed by atoms with Crippen molar-refractivity contribution in [3.63, 3.8) is 0 Å². The number of fused-ring (bicyclic) bond motifs is 1. The molecular formula is C27H34ClN5O3. The lowest BCUT2D eigenvalue weighted by Gasteiger charge is -2.36. The molecule has 2 N–H and O–H groups in total. The molecular weight excluding hydrogens is 478 g/mol. The van der Waals surface area contributed by atoms with Crippen LogP contribution in [0.15, 0.2) is 30.3 Å². The molecule has 3 aromatic rings. The van der Waals surface area contributed by atoms with E-state index in [-0.39, 0.29) is 18.6 Å². The number of amides is 1. The highest BCUT2D eigenvalue weighted by Crippen LogP contribution is 2.32. The second kappa shape index (κ2) is 10.3. The summed E-state index contributed by atoms with van der Waals surface area (Å²) in [6.45, 7) is 6.77. The zero-order valence-electron chi connectivity index (χ0n) is 21.0. The van der Waals surface area contributed by atoms with E-state index in [1.54, 1.807) is 18.7 Å². The number of hydrogen-bond donors (Lipinski definition) is 2. The number of anilines is 1. The van der Waals surface area contributed by atoms with Crippen molar-refractivity contribution in [2.45, 2.75) is 52.1 Å². The molecule has 0 radical (unpaired) electrons. The van der Waals surface area contributed by atoms with E-state index in [0.717, 1.165) is 24.2 Å². The number of piperidine rings is 2. The number of aromatic amines is 1. The third kappa shape index (κ3) is 5.15. The maximum absolute atomic E-state index is 12.6. The predicted octanol–water partition coefficient (Wildman–Crippen LogP) is 4.66. The average Bonchev–Trinajstić information content (AvgIpc) is 3.29. The molecule has 2 aliphatic heterocycles. The van der Waals surface area contributed by atoms with Gasteiger partial charge in [0.25, 0.3) is 6.01 Å². The molecule has 2 aromatic heterocycles. The fourth-order valence-electron chi connectivity index (χ4n) is 4.97. The van der Waals surface area contributed by atoms with Gasteiger partial charge in [0, 0.05) is 50.3 Å². The normalized spacial score (nSPS) is 17.6. The third-order valence-electron chi connectivity index (χ3n) is 7.25. The Bertz CT molecular complexity index is 1210. The quantitative estimate of drug-likeness (QED) is 0.500. The zero-order chi connectivity index (χ0) is 25.3. The summed E-state index contributed by atoms with van der Waals surface area (Å²) in [7, 11) is 0. The van der Waals surface area contributed by atoms with Gasteiger partial charge < -0.3 is 24.6 Å². The van der Waals surface area contributed by atoms with Crippen LogP contribution in [-0.2, 0) is 4.79 Å². The van der Waals surface area contributed by atoms with Crippen LogP contribution in [0.4, 0.5) is 5.69 Å². The van der Waals surface area contributed by atoms with Crippen molar-refractivity contribution in [2.24, 2.45) is 5.41 Å². The van der Waals surface area contributed by atoms with E-state index in [9.17, 15) is 9.90 Å². The molecule has 9 heteroatoms. The number of benzene rings is 1. The Labute approximate surface area is 216 Å². The van der Waals surface area contributed by atoms with Gasteiger partial charge in [-0.25, -0.2) is 4.98 Å². The minimum Gasteiger partial charge on any atom is -0.461 e. The van der Waals surface area contributed by atoms with Crippen LogP contribution < -0.4 is 9.64 Å². The number of aliphatic hydroxyl groups excluding tert-OH is 1. The number of rotatable bonds is 6. The van der Waals surface area contributed by atoms with Gasteiger partial charge in [-0.2, -0.15) is 4.98 Å². The molecule has 192 valence electrons. The Morgan fingerprint density at radius 3 is 2.47 bits per heavy atom. The van der Waals surface area contributed by atoms with Gasteiger partial charge in [-0.15, -0.1) is 0 Å². The molecule has 1 amide bonds. The van der Waals surface area contributed by atoms with Gasteiger partial charge in [0.05, 0.1) is 28.3 Å². The SMILES string of the molecule is CC(C)(CO)C(=O)N1CCC(Oc2nc3nc(-c4ccc(N5CCCCC5)cc4)c(Cl)cc3[nH]2)CC1. The largest absolute Gasteiger partial charge is 0.461 e. The number of hydrogen-bond acceptors (Lipinski definition) is 6. The van der Waals surface area contributed by atoms with E-state index in [4.69, 9.17) is 21.3 Å². The van der Waals surface area contributed by atoms with Crippen LogP contribution in [0, 0.1) is 5.41 Å². The minimum atomic E-state index is -0.761. The van der Waals surface area contributed by atoms with E-state index in [1.807, 2.05) is 6.07 Å². The molecule has 8 nitrogen and oxygen atoms in total. The van der Waals surface area contributed by atoms with E-state index >= 15 is 0 Å². The summed E-state index contributed by atoms with van der Waals surface area (Å²) < 4.78 is 6.11. The van der Waals surface area contributed by atoms with Crippen LogP contribution in [-0.4, -0.2) is 69.8 Å². The highest BCUT2D eigenvalue weighted by Gasteiger charge is 2.34. The standard InChI is InChI=1S/C27H34ClN5O3/c1-27(2,17-34)25(35)33-14-10-20(11-15-33)36-26-29-22-16-21(28)23(30-24(22)31-26)18-6-8-19(9-7-18)32-12-4-3-5-13-32/h6-9,16,20,34H,3-5,10-15,17H2,1-2H3,(H,29,30,31). The first-order valence-corrected chi connectivity index (χ1v) is 13.2. The monoisotopic (exact) mass is 511 g/mol. The maximum Gasteiger partial charge on any atom is 0.296 e. The second-order valence-corrected chi connectivity index (χ2v) is 10.9. The maximum atomic E-state index is 12.6. The second-order valence-electron chi connectivity index (χ2n) is 10.5. The molecule has 0 spiro atoms. The van der Waals surface area contributed by atoms with Crippen molar-refractivity contribution >= 4 is 34.4 Å². The molecule has 36 heavy (non-hydrogen) atoms. The third-order valence-corrected chi connectivity index (χ3v) is 7.54. The number of aromatic nitrogens is 3. The summed E-state index contributed by atoms with van der Waals surface area (Å²) in [4.78, 5) is 29.3. The van der Waals surface area contributed by atoms with Crippen molar-refractivity contribution in [2.75, 3.05) is 37.7 Å². The van der Waals surface area contributed by atoms with Gasteiger partial charge in [0.1, 0.15) is 6.10 Å². The highest BCUT2D eigenvalue weighted by atomic mass is 35.5. The summed E-state index contributed by atoms with van der Waals surface area (Å²) in [6.07, 6.45) is 5.15. The van der Waals surface area contributed by atoms with Crippen LogP contribution in [0.1, 0.15) is 46.0 Å². The number of H-pyrrole nitrogens is 1. The Morgan fingerprint density at radius 1 is 1.11 bits per heavy atom.